The van der Waals surface area contributed by atoms with E-state index in [2.05, 4.69) is 11.7 Å². The van der Waals surface area contributed by atoms with Crippen LogP contribution < -0.4 is 0 Å². The lowest BCUT2D eigenvalue weighted by molar-refractivity contribution is -0.152. The van der Waals surface area contributed by atoms with Gasteiger partial charge in [-0.1, -0.05) is 77.6 Å². The van der Waals surface area contributed by atoms with Gasteiger partial charge in [-0.25, -0.2) is 0 Å². The number of hydrogen-bond acceptors (Lipinski definition) is 4. The molecule has 0 fully saturated rings. The van der Waals surface area contributed by atoms with E-state index in [1.807, 2.05) is 0 Å². The van der Waals surface area contributed by atoms with E-state index in [9.17, 15) is 9.59 Å². The molecule has 0 aromatic rings. The van der Waals surface area contributed by atoms with Crippen molar-refractivity contribution in [1.82, 2.24) is 0 Å². The summed E-state index contributed by atoms with van der Waals surface area (Å²) in [5.41, 5.74) is 0. The molecule has 0 rings (SSSR count). The zero-order valence-electron chi connectivity index (χ0n) is 16.1. The molecule has 0 N–H and O–H groups in total. The molecule has 4 nitrogen and oxygen atoms in total. The van der Waals surface area contributed by atoms with Gasteiger partial charge in [0.25, 0.3) is 0 Å². The van der Waals surface area contributed by atoms with Crippen molar-refractivity contribution in [2.45, 2.75) is 110 Å². The molecule has 0 aliphatic carbocycles. The Kier molecular flexibility index (Phi) is 16.0. The maximum Gasteiger partial charge on any atom is 0.309 e. The van der Waals surface area contributed by atoms with Crippen molar-refractivity contribution in [2.24, 2.45) is 0 Å². The molecular formula is C20H38O4. The predicted molar refractivity (Wildman–Crippen MR) is 97.9 cm³/mol. The monoisotopic (exact) mass is 342 g/mol. The van der Waals surface area contributed by atoms with Crippen LogP contribution in [0.1, 0.15) is 104 Å². The second-order valence-corrected chi connectivity index (χ2v) is 6.69. The van der Waals surface area contributed by atoms with Crippen LogP contribution in [-0.4, -0.2) is 25.2 Å². The highest BCUT2D eigenvalue weighted by Gasteiger charge is 2.16. The molecule has 0 aromatic heterocycles. The first-order chi connectivity index (χ1) is 11.6. The maximum absolute atomic E-state index is 11.3. The van der Waals surface area contributed by atoms with Gasteiger partial charge in [-0.2, -0.15) is 0 Å². The molecule has 0 aromatic carbocycles. The summed E-state index contributed by atoms with van der Waals surface area (Å²) in [7, 11) is 1.36. The third kappa shape index (κ3) is 15.8. The molecule has 24 heavy (non-hydrogen) atoms. The minimum absolute atomic E-state index is 0.161. The fraction of sp³-hybridized carbons (Fsp3) is 0.900. The average molecular weight is 343 g/mol. The minimum Gasteiger partial charge on any atom is -0.469 e. The molecule has 0 aliphatic heterocycles. The van der Waals surface area contributed by atoms with Crippen LogP contribution in [0.4, 0.5) is 0 Å². The summed E-state index contributed by atoms with van der Waals surface area (Å²) in [4.78, 5) is 22.4. The summed E-state index contributed by atoms with van der Waals surface area (Å²) in [5.74, 6) is -0.650. The SMILES string of the molecule is CCCCCCCCCCCCCC[C@@H](CC(=O)OC)OC(C)=O. The van der Waals surface area contributed by atoms with Gasteiger partial charge in [0.2, 0.25) is 0 Å². The van der Waals surface area contributed by atoms with E-state index in [1.165, 1.54) is 78.2 Å². The number of ether oxygens (including phenoxy) is 2. The van der Waals surface area contributed by atoms with Crippen molar-refractivity contribution >= 4 is 11.9 Å². The molecular weight excluding hydrogens is 304 g/mol. The van der Waals surface area contributed by atoms with Gasteiger partial charge in [-0.3, -0.25) is 9.59 Å². The predicted octanol–water partition coefficient (Wildman–Crippen LogP) is 5.57. The van der Waals surface area contributed by atoms with Crippen molar-refractivity contribution in [3.63, 3.8) is 0 Å². The van der Waals surface area contributed by atoms with E-state index < -0.39 is 0 Å². The van der Waals surface area contributed by atoms with Crippen molar-refractivity contribution in [2.75, 3.05) is 7.11 Å². The van der Waals surface area contributed by atoms with Crippen LogP contribution in [0.25, 0.3) is 0 Å². The van der Waals surface area contributed by atoms with Crippen LogP contribution in [0.15, 0.2) is 0 Å². The number of carbonyl (C=O) groups excluding carboxylic acids is 2. The second-order valence-electron chi connectivity index (χ2n) is 6.69. The molecule has 0 saturated carbocycles. The van der Waals surface area contributed by atoms with Crippen molar-refractivity contribution in [3.05, 3.63) is 0 Å². The smallest absolute Gasteiger partial charge is 0.309 e. The van der Waals surface area contributed by atoms with Gasteiger partial charge < -0.3 is 9.47 Å². The Morgan fingerprint density at radius 1 is 0.792 bits per heavy atom. The first-order valence-electron chi connectivity index (χ1n) is 9.84. The lowest BCUT2D eigenvalue weighted by Gasteiger charge is -2.15. The maximum atomic E-state index is 11.3. The number of carbonyl (C=O) groups is 2. The third-order valence-corrected chi connectivity index (χ3v) is 4.33. The zero-order chi connectivity index (χ0) is 18.0. The van der Waals surface area contributed by atoms with Crippen molar-refractivity contribution < 1.29 is 19.1 Å². The van der Waals surface area contributed by atoms with Crippen molar-refractivity contribution in [3.8, 4) is 0 Å². The van der Waals surface area contributed by atoms with E-state index in [0.29, 0.717) is 0 Å². The fourth-order valence-electron chi connectivity index (χ4n) is 2.92. The molecule has 0 heterocycles. The molecule has 1 atom stereocenters. The summed E-state index contributed by atoms with van der Waals surface area (Å²) in [6.07, 6.45) is 16.1. The Balaban J connectivity index is 3.50. The van der Waals surface area contributed by atoms with Gasteiger partial charge in [0.15, 0.2) is 0 Å². The lowest BCUT2D eigenvalue weighted by atomic mass is 10.0. The first-order valence-corrected chi connectivity index (χ1v) is 9.84. The van der Waals surface area contributed by atoms with Crippen LogP contribution >= 0.6 is 0 Å². The Labute approximate surface area is 148 Å². The average Bonchev–Trinajstić information content (AvgIpc) is 2.55. The number of esters is 2. The second kappa shape index (κ2) is 16.8. The van der Waals surface area contributed by atoms with E-state index in [1.54, 1.807) is 0 Å². The largest absolute Gasteiger partial charge is 0.469 e. The molecule has 0 spiro atoms. The lowest BCUT2D eigenvalue weighted by Crippen LogP contribution is -2.21. The highest BCUT2D eigenvalue weighted by molar-refractivity contribution is 5.71. The molecule has 0 saturated heterocycles. The minimum atomic E-state index is -0.335. The highest BCUT2D eigenvalue weighted by Crippen LogP contribution is 2.15. The van der Waals surface area contributed by atoms with E-state index >= 15 is 0 Å². The number of methoxy groups -OCH3 is 1. The van der Waals surface area contributed by atoms with Gasteiger partial charge in [-0.05, 0) is 12.8 Å². The van der Waals surface area contributed by atoms with Crippen LogP contribution in [0, 0.1) is 0 Å². The molecule has 0 amide bonds. The Hall–Kier alpha value is -1.06. The quantitative estimate of drug-likeness (QED) is 0.272. The summed E-state index contributed by atoms with van der Waals surface area (Å²) in [6.45, 7) is 3.64. The fourth-order valence-corrected chi connectivity index (χ4v) is 2.92. The molecule has 0 aliphatic rings. The van der Waals surface area contributed by atoms with Gasteiger partial charge >= 0.3 is 11.9 Å². The van der Waals surface area contributed by atoms with Gasteiger partial charge in [-0.15, -0.1) is 0 Å². The highest BCUT2D eigenvalue weighted by atomic mass is 16.6. The van der Waals surface area contributed by atoms with E-state index in [0.717, 1.165) is 19.3 Å². The Morgan fingerprint density at radius 2 is 1.25 bits per heavy atom. The molecule has 0 bridgehead atoms. The normalized spacial score (nSPS) is 12.0. The summed E-state index contributed by atoms with van der Waals surface area (Å²) >= 11 is 0. The third-order valence-electron chi connectivity index (χ3n) is 4.33. The van der Waals surface area contributed by atoms with E-state index in [4.69, 9.17) is 4.74 Å². The van der Waals surface area contributed by atoms with Gasteiger partial charge in [0.1, 0.15) is 6.10 Å². The standard InChI is InChI=1S/C20H38O4/c1-4-5-6-7-8-9-10-11-12-13-14-15-16-19(24-18(2)21)17-20(22)23-3/h19H,4-17H2,1-3H3/t19-/m0/s1. The molecule has 4 heteroatoms. The Morgan fingerprint density at radius 3 is 1.67 bits per heavy atom. The summed E-state index contributed by atoms with van der Waals surface area (Å²) < 4.78 is 9.83. The molecule has 0 unspecified atom stereocenters. The Bertz CT molecular complexity index is 315. The zero-order valence-corrected chi connectivity index (χ0v) is 16.1. The van der Waals surface area contributed by atoms with Crippen LogP contribution in [0.3, 0.4) is 0 Å². The molecule has 142 valence electrons. The summed E-state index contributed by atoms with van der Waals surface area (Å²) in [6, 6.07) is 0. The van der Waals surface area contributed by atoms with Crippen LogP contribution in [0.5, 0.6) is 0 Å². The summed E-state index contributed by atoms with van der Waals surface area (Å²) in [5, 5.41) is 0. The van der Waals surface area contributed by atoms with Crippen LogP contribution in [-0.2, 0) is 19.1 Å². The van der Waals surface area contributed by atoms with E-state index in [-0.39, 0.29) is 24.5 Å². The topological polar surface area (TPSA) is 52.6 Å². The van der Waals surface area contributed by atoms with Crippen LogP contribution in [0.2, 0.25) is 0 Å². The van der Waals surface area contributed by atoms with Gasteiger partial charge in [0.05, 0.1) is 13.5 Å². The molecule has 0 radical (unpaired) electrons. The van der Waals surface area contributed by atoms with Gasteiger partial charge in [0, 0.05) is 6.92 Å². The van der Waals surface area contributed by atoms with Crippen molar-refractivity contribution in [1.29, 1.82) is 0 Å². The first kappa shape index (κ1) is 22.9. The number of unbranched alkanes of at least 4 members (excludes halogenated alkanes) is 11. The number of rotatable bonds is 16. The number of hydrogen-bond donors (Lipinski definition) is 0.